The zero-order chi connectivity index (χ0) is 15.1. The molecule has 0 amide bonds. The molecule has 2 aromatic heterocycles. The minimum Gasteiger partial charge on any atom is -0.307 e. The second kappa shape index (κ2) is 5.15. The van der Waals surface area contributed by atoms with Gasteiger partial charge in [0.1, 0.15) is 17.2 Å². The number of alkyl halides is 1. The van der Waals surface area contributed by atoms with Crippen molar-refractivity contribution in [1.82, 2.24) is 19.3 Å². The Morgan fingerprint density at radius 2 is 2.14 bits per heavy atom. The third kappa shape index (κ3) is 2.42. The molecule has 6 heteroatoms. The van der Waals surface area contributed by atoms with Crippen LogP contribution in [0.3, 0.4) is 0 Å². The van der Waals surface area contributed by atoms with E-state index in [0.717, 1.165) is 28.2 Å². The molecule has 2 heterocycles. The summed E-state index contributed by atoms with van der Waals surface area (Å²) < 4.78 is 17.2. The number of aryl methyl sites for hydroxylation is 2. The van der Waals surface area contributed by atoms with Gasteiger partial charge in [0.05, 0.1) is 17.6 Å². The number of nitrogens with zero attached hydrogens (tertiary/aromatic N) is 4. The van der Waals surface area contributed by atoms with Crippen LogP contribution in [-0.4, -0.2) is 19.3 Å². The van der Waals surface area contributed by atoms with Crippen LogP contribution in [0.15, 0.2) is 24.3 Å². The van der Waals surface area contributed by atoms with Crippen molar-refractivity contribution < 1.29 is 4.39 Å². The number of fused-ring (bicyclic) bond motifs is 1. The van der Waals surface area contributed by atoms with Crippen molar-refractivity contribution in [2.45, 2.75) is 25.8 Å². The number of hydrogen-bond donors (Lipinski definition) is 0. The zero-order valence-electron chi connectivity index (χ0n) is 12.1. The van der Waals surface area contributed by atoms with E-state index in [9.17, 15) is 4.39 Å². The van der Waals surface area contributed by atoms with Gasteiger partial charge in [0.2, 0.25) is 0 Å². The predicted octanol–water partition coefficient (Wildman–Crippen LogP) is 3.57. The van der Waals surface area contributed by atoms with Crippen molar-refractivity contribution in [3.8, 4) is 0 Å². The molecule has 0 N–H and O–H groups in total. The van der Waals surface area contributed by atoms with Gasteiger partial charge in [-0.15, -0.1) is 11.6 Å². The molecule has 0 radical (unpaired) electrons. The molecule has 0 aliphatic rings. The van der Waals surface area contributed by atoms with Gasteiger partial charge in [0.15, 0.2) is 5.65 Å². The molecule has 0 saturated heterocycles. The fourth-order valence-electron chi connectivity index (χ4n) is 2.63. The van der Waals surface area contributed by atoms with E-state index in [0.29, 0.717) is 6.54 Å². The summed E-state index contributed by atoms with van der Waals surface area (Å²) in [5.74, 6) is 0.526. The lowest BCUT2D eigenvalue weighted by atomic mass is 10.2. The highest BCUT2D eigenvalue weighted by atomic mass is 35.5. The van der Waals surface area contributed by atoms with E-state index in [1.54, 1.807) is 10.7 Å². The minimum absolute atomic E-state index is 0.231. The maximum Gasteiger partial charge on any atom is 0.159 e. The Bertz CT molecular complexity index is 803. The predicted molar refractivity (Wildman–Crippen MR) is 81.0 cm³/mol. The fourth-order valence-corrected chi connectivity index (χ4v) is 2.80. The number of hydrogen-bond acceptors (Lipinski definition) is 2. The quantitative estimate of drug-likeness (QED) is 0.694. The number of imidazole rings is 1. The highest BCUT2D eigenvalue weighted by Gasteiger charge is 2.20. The Hall–Kier alpha value is -1.88. The first-order valence-electron chi connectivity index (χ1n) is 6.75. The number of benzene rings is 1. The lowest BCUT2D eigenvalue weighted by molar-refractivity contribution is 0.621. The van der Waals surface area contributed by atoms with Crippen LogP contribution in [0.2, 0.25) is 0 Å². The summed E-state index contributed by atoms with van der Waals surface area (Å²) in [4.78, 5) is 4.61. The molecule has 0 fully saturated rings. The molecule has 0 aliphatic heterocycles. The first kappa shape index (κ1) is 14.1. The highest BCUT2D eigenvalue weighted by Crippen LogP contribution is 2.27. The van der Waals surface area contributed by atoms with E-state index in [2.05, 4.69) is 10.1 Å². The average molecular weight is 307 g/mol. The summed E-state index contributed by atoms with van der Waals surface area (Å²) in [6, 6.07) is 6.56. The molecule has 0 saturated carbocycles. The van der Waals surface area contributed by atoms with Crippen molar-refractivity contribution in [2.24, 2.45) is 7.05 Å². The summed E-state index contributed by atoms with van der Waals surface area (Å²) in [6.45, 7) is 4.32. The van der Waals surface area contributed by atoms with E-state index in [1.165, 1.54) is 12.1 Å². The molecule has 0 spiro atoms. The summed E-state index contributed by atoms with van der Waals surface area (Å²) in [6.07, 6.45) is 0. The van der Waals surface area contributed by atoms with Crippen molar-refractivity contribution >= 4 is 22.8 Å². The standard InChI is InChI=1S/C15H16ClFN4/c1-9(16)14-18-13-10(2)19-20(3)15(13)21(14)8-11-5-4-6-12(17)7-11/h4-7,9H,8H2,1-3H3. The molecule has 1 atom stereocenters. The van der Waals surface area contributed by atoms with Crippen LogP contribution in [0.25, 0.3) is 11.2 Å². The molecule has 0 bridgehead atoms. The Morgan fingerprint density at radius 3 is 2.81 bits per heavy atom. The van der Waals surface area contributed by atoms with Gasteiger partial charge in [-0.25, -0.2) is 9.37 Å². The molecule has 1 unspecified atom stereocenters. The van der Waals surface area contributed by atoms with Crippen LogP contribution >= 0.6 is 11.6 Å². The summed E-state index contributed by atoms with van der Waals surface area (Å²) in [5.41, 5.74) is 3.48. The summed E-state index contributed by atoms with van der Waals surface area (Å²) >= 11 is 6.25. The Labute approximate surface area is 127 Å². The van der Waals surface area contributed by atoms with E-state index >= 15 is 0 Å². The third-order valence-corrected chi connectivity index (χ3v) is 3.70. The smallest absolute Gasteiger partial charge is 0.159 e. The van der Waals surface area contributed by atoms with Crippen LogP contribution in [0.1, 0.15) is 29.4 Å². The number of rotatable bonds is 3. The van der Waals surface area contributed by atoms with E-state index in [-0.39, 0.29) is 11.2 Å². The van der Waals surface area contributed by atoms with Gasteiger partial charge in [-0.1, -0.05) is 12.1 Å². The molecular weight excluding hydrogens is 291 g/mol. The molecule has 1 aromatic carbocycles. The largest absolute Gasteiger partial charge is 0.307 e. The van der Waals surface area contributed by atoms with Gasteiger partial charge in [-0.05, 0) is 31.5 Å². The van der Waals surface area contributed by atoms with Crippen LogP contribution in [0.5, 0.6) is 0 Å². The van der Waals surface area contributed by atoms with E-state index in [4.69, 9.17) is 11.6 Å². The normalized spacial score (nSPS) is 13.0. The molecular formula is C15H16ClFN4. The van der Waals surface area contributed by atoms with Crippen molar-refractivity contribution in [3.63, 3.8) is 0 Å². The zero-order valence-corrected chi connectivity index (χ0v) is 12.9. The van der Waals surface area contributed by atoms with Crippen molar-refractivity contribution in [3.05, 3.63) is 47.2 Å². The van der Waals surface area contributed by atoms with Gasteiger partial charge in [-0.2, -0.15) is 5.10 Å². The maximum absolute atomic E-state index is 13.4. The van der Waals surface area contributed by atoms with E-state index in [1.807, 2.05) is 31.5 Å². The van der Waals surface area contributed by atoms with Crippen LogP contribution < -0.4 is 0 Å². The van der Waals surface area contributed by atoms with Gasteiger partial charge in [0.25, 0.3) is 0 Å². The van der Waals surface area contributed by atoms with Crippen LogP contribution in [-0.2, 0) is 13.6 Å². The molecule has 4 nitrogen and oxygen atoms in total. The molecule has 3 rings (SSSR count). The van der Waals surface area contributed by atoms with Crippen molar-refractivity contribution in [2.75, 3.05) is 0 Å². The molecule has 3 aromatic rings. The second-order valence-corrected chi connectivity index (χ2v) is 5.84. The van der Waals surface area contributed by atoms with Gasteiger partial charge >= 0.3 is 0 Å². The Kier molecular flexibility index (Phi) is 3.45. The fraction of sp³-hybridized carbons (Fsp3) is 0.333. The SMILES string of the molecule is Cc1nn(C)c2c1nc(C(C)Cl)n2Cc1cccc(F)c1. The second-order valence-electron chi connectivity index (χ2n) is 5.18. The molecule has 21 heavy (non-hydrogen) atoms. The van der Waals surface area contributed by atoms with E-state index < -0.39 is 0 Å². The average Bonchev–Trinajstić information content (AvgIpc) is 2.90. The lowest BCUT2D eigenvalue weighted by Crippen LogP contribution is -2.09. The van der Waals surface area contributed by atoms with Crippen molar-refractivity contribution in [1.29, 1.82) is 0 Å². The summed E-state index contributed by atoms with van der Waals surface area (Å²) in [7, 11) is 1.88. The first-order chi connectivity index (χ1) is 9.97. The Morgan fingerprint density at radius 1 is 1.38 bits per heavy atom. The topological polar surface area (TPSA) is 35.6 Å². The first-order valence-corrected chi connectivity index (χ1v) is 7.19. The highest BCUT2D eigenvalue weighted by molar-refractivity contribution is 6.20. The van der Waals surface area contributed by atoms with Crippen LogP contribution in [0.4, 0.5) is 4.39 Å². The van der Waals surface area contributed by atoms with Gasteiger partial charge in [0, 0.05) is 7.05 Å². The minimum atomic E-state index is -0.245. The van der Waals surface area contributed by atoms with Gasteiger partial charge < -0.3 is 4.57 Å². The molecule has 110 valence electrons. The molecule has 0 aliphatic carbocycles. The van der Waals surface area contributed by atoms with Crippen LogP contribution in [0, 0.1) is 12.7 Å². The Balaban J connectivity index is 2.17. The number of aromatic nitrogens is 4. The maximum atomic E-state index is 13.4. The third-order valence-electron chi connectivity index (χ3n) is 3.51. The van der Waals surface area contributed by atoms with Gasteiger partial charge in [-0.3, -0.25) is 4.68 Å². The lowest BCUT2D eigenvalue weighted by Gasteiger charge is -2.11. The number of halogens is 2. The monoisotopic (exact) mass is 306 g/mol. The summed E-state index contributed by atoms with van der Waals surface area (Å²) in [5, 5.41) is 4.16.